The SMILES string of the molecule is CC(C)c1cc2c(cc1O)C1(C)CCCCC1CC2. The molecule has 19 heavy (non-hydrogen) atoms. The third-order valence-electron chi connectivity index (χ3n) is 5.65. The van der Waals surface area contributed by atoms with Crippen LogP contribution < -0.4 is 0 Å². The van der Waals surface area contributed by atoms with Crippen molar-refractivity contribution >= 4 is 0 Å². The molecule has 0 aromatic heterocycles. The van der Waals surface area contributed by atoms with Crippen LogP contribution in [0.3, 0.4) is 0 Å². The zero-order valence-corrected chi connectivity index (χ0v) is 12.5. The lowest BCUT2D eigenvalue weighted by molar-refractivity contribution is 0.177. The first-order valence-corrected chi connectivity index (χ1v) is 7.88. The number of hydrogen-bond donors (Lipinski definition) is 1. The highest BCUT2D eigenvalue weighted by Gasteiger charge is 2.42. The highest BCUT2D eigenvalue weighted by atomic mass is 16.3. The number of phenolic OH excluding ortho intramolecular Hbond substituents is 1. The van der Waals surface area contributed by atoms with Gasteiger partial charge in [-0.05, 0) is 65.7 Å². The van der Waals surface area contributed by atoms with Gasteiger partial charge >= 0.3 is 0 Å². The van der Waals surface area contributed by atoms with Gasteiger partial charge in [0.15, 0.2) is 0 Å². The van der Waals surface area contributed by atoms with Gasteiger partial charge in [0.05, 0.1) is 0 Å². The normalized spacial score (nSPS) is 30.0. The van der Waals surface area contributed by atoms with Gasteiger partial charge in [0.2, 0.25) is 0 Å². The van der Waals surface area contributed by atoms with Gasteiger partial charge in [-0.3, -0.25) is 0 Å². The van der Waals surface area contributed by atoms with E-state index in [1.54, 1.807) is 0 Å². The van der Waals surface area contributed by atoms with Crippen molar-refractivity contribution in [2.75, 3.05) is 0 Å². The van der Waals surface area contributed by atoms with Crippen LogP contribution in [0.1, 0.15) is 75.5 Å². The maximum Gasteiger partial charge on any atom is 0.119 e. The summed E-state index contributed by atoms with van der Waals surface area (Å²) in [6.07, 6.45) is 7.96. The Hall–Kier alpha value is -0.980. The number of phenols is 1. The number of benzene rings is 1. The molecule has 0 aliphatic heterocycles. The van der Waals surface area contributed by atoms with Gasteiger partial charge in [0.1, 0.15) is 5.75 Å². The monoisotopic (exact) mass is 258 g/mol. The van der Waals surface area contributed by atoms with Crippen LogP contribution in [0.5, 0.6) is 5.75 Å². The van der Waals surface area contributed by atoms with E-state index in [4.69, 9.17) is 0 Å². The van der Waals surface area contributed by atoms with E-state index >= 15 is 0 Å². The third-order valence-corrected chi connectivity index (χ3v) is 5.65. The predicted molar refractivity (Wildman–Crippen MR) is 79.8 cm³/mol. The molecule has 0 bridgehead atoms. The highest BCUT2D eigenvalue weighted by Crippen LogP contribution is 2.51. The summed E-state index contributed by atoms with van der Waals surface area (Å²) in [4.78, 5) is 0. The molecule has 1 heteroatoms. The lowest BCUT2D eigenvalue weighted by atomic mass is 9.58. The van der Waals surface area contributed by atoms with E-state index in [1.807, 2.05) is 0 Å². The Labute approximate surface area is 117 Å². The van der Waals surface area contributed by atoms with Crippen LogP contribution >= 0.6 is 0 Å². The molecule has 1 aromatic carbocycles. The molecular formula is C18H26O. The minimum atomic E-state index is 0.318. The Kier molecular flexibility index (Phi) is 3.11. The molecule has 0 radical (unpaired) electrons. The van der Waals surface area contributed by atoms with Crippen LogP contribution in [-0.4, -0.2) is 5.11 Å². The van der Waals surface area contributed by atoms with Crippen molar-refractivity contribution in [3.8, 4) is 5.75 Å². The van der Waals surface area contributed by atoms with Crippen molar-refractivity contribution in [2.24, 2.45) is 5.92 Å². The van der Waals surface area contributed by atoms with Crippen LogP contribution in [0.2, 0.25) is 0 Å². The lowest BCUT2D eigenvalue weighted by Crippen LogP contribution is -2.39. The molecule has 0 amide bonds. The number of aryl methyl sites for hydroxylation is 1. The first-order chi connectivity index (χ1) is 9.02. The minimum Gasteiger partial charge on any atom is -0.508 e. The van der Waals surface area contributed by atoms with Gasteiger partial charge in [-0.1, -0.05) is 39.7 Å². The van der Waals surface area contributed by atoms with E-state index in [2.05, 4.69) is 32.9 Å². The van der Waals surface area contributed by atoms with Gasteiger partial charge in [-0.15, -0.1) is 0 Å². The van der Waals surface area contributed by atoms with Gasteiger partial charge in [0, 0.05) is 0 Å². The lowest BCUT2D eigenvalue weighted by Gasteiger charge is -2.46. The molecule has 0 heterocycles. The molecule has 3 rings (SSSR count). The number of hydrogen-bond acceptors (Lipinski definition) is 1. The predicted octanol–water partition coefficient (Wildman–Crippen LogP) is 4.91. The van der Waals surface area contributed by atoms with E-state index in [1.165, 1.54) is 49.7 Å². The van der Waals surface area contributed by atoms with E-state index < -0.39 is 0 Å². The molecule has 2 aliphatic rings. The molecule has 2 atom stereocenters. The zero-order chi connectivity index (χ0) is 13.6. The Morgan fingerprint density at radius 2 is 2.00 bits per heavy atom. The quantitative estimate of drug-likeness (QED) is 0.759. The van der Waals surface area contributed by atoms with Gasteiger partial charge in [-0.2, -0.15) is 0 Å². The molecule has 104 valence electrons. The molecule has 1 nitrogen and oxygen atoms in total. The number of rotatable bonds is 1. The molecule has 1 N–H and O–H groups in total. The Balaban J connectivity index is 2.10. The zero-order valence-electron chi connectivity index (χ0n) is 12.5. The fourth-order valence-corrected chi connectivity index (χ4v) is 4.41. The van der Waals surface area contributed by atoms with Gasteiger partial charge < -0.3 is 5.11 Å². The van der Waals surface area contributed by atoms with Crippen molar-refractivity contribution in [2.45, 2.75) is 70.6 Å². The molecule has 1 fully saturated rings. The van der Waals surface area contributed by atoms with Crippen LogP contribution in [0.25, 0.3) is 0 Å². The summed E-state index contributed by atoms with van der Waals surface area (Å²) >= 11 is 0. The van der Waals surface area contributed by atoms with E-state index in [0.717, 1.165) is 11.5 Å². The van der Waals surface area contributed by atoms with Crippen LogP contribution in [0.15, 0.2) is 12.1 Å². The summed E-state index contributed by atoms with van der Waals surface area (Å²) < 4.78 is 0. The fraction of sp³-hybridized carbons (Fsp3) is 0.667. The van der Waals surface area contributed by atoms with Gasteiger partial charge in [-0.25, -0.2) is 0 Å². The van der Waals surface area contributed by atoms with Crippen molar-refractivity contribution in [3.05, 3.63) is 28.8 Å². The summed E-state index contributed by atoms with van der Waals surface area (Å²) in [5.74, 6) is 1.75. The Morgan fingerprint density at radius 3 is 2.74 bits per heavy atom. The van der Waals surface area contributed by atoms with Crippen LogP contribution in [0, 0.1) is 5.92 Å². The molecule has 0 spiro atoms. The molecule has 1 saturated carbocycles. The first-order valence-electron chi connectivity index (χ1n) is 7.88. The van der Waals surface area contributed by atoms with E-state index in [9.17, 15) is 5.11 Å². The summed E-state index contributed by atoms with van der Waals surface area (Å²) in [7, 11) is 0. The van der Waals surface area contributed by atoms with Crippen molar-refractivity contribution in [3.63, 3.8) is 0 Å². The molecule has 1 aromatic rings. The average molecular weight is 258 g/mol. The molecule has 2 aliphatic carbocycles. The summed E-state index contributed by atoms with van der Waals surface area (Å²) in [6.45, 7) is 6.76. The maximum atomic E-state index is 10.3. The summed E-state index contributed by atoms with van der Waals surface area (Å²) in [5, 5.41) is 10.3. The topological polar surface area (TPSA) is 20.2 Å². The second-order valence-corrected chi connectivity index (χ2v) is 7.12. The standard InChI is InChI=1S/C18H26O/c1-12(2)15-10-13-7-8-14-6-4-5-9-18(14,3)16(13)11-17(15)19/h10-12,14,19H,4-9H2,1-3H3. The molecule has 0 saturated heterocycles. The van der Waals surface area contributed by atoms with E-state index in [-0.39, 0.29) is 0 Å². The highest BCUT2D eigenvalue weighted by molar-refractivity contribution is 5.48. The van der Waals surface area contributed by atoms with E-state index in [0.29, 0.717) is 17.1 Å². The second-order valence-electron chi connectivity index (χ2n) is 7.12. The largest absolute Gasteiger partial charge is 0.508 e. The second kappa shape index (κ2) is 4.54. The number of aromatic hydroxyl groups is 1. The van der Waals surface area contributed by atoms with Crippen molar-refractivity contribution in [1.82, 2.24) is 0 Å². The Morgan fingerprint density at radius 1 is 1.21 bits per heavy atom. The minimum absolute atomic E-state index is 0.318. The van der Waals surface area contributed by atoms with Crippen LogP contribution in [-0.2, 0) is 11.8 Å². The summed E-state index contributed by atoms with van der Waals surface area (Å²) in [6, 6.07) is 4.38. The van der Waals surface area contributed by atoms with Crippen LogP contribution in [0.4, 0.5) is 0 Å². The summed E-state index contributed by atoms with van der Waals surface area (Å²) in [5.41, 5.74) is 4.39. The maximum absolute atomic E-state index is 10.3. The molecular weight excluding hydrogens is 232 g/mol. The van der Waals surface area contributed by atoms with Gasteiger partial charge in [0.25, 0.3) is 0 Å². The fourth-order valence-electron chi connectivity index (χ4n) is 4.41. The molecule has 2 unspecified atom stereocenters. The van der Waals surface area contributed by atoms with Crippen molar-refractivity contribution < 1.29 is 5.11 Å². The third kappa shape index (κ3) is 1.98. The average Bonchev–Trinajstić information content (AvgIpc) is 2.38. The smallest absolute Gasteiger partial charge is 0.119 e. The first kappa shape index (κ1) is 13.0. The van der Waals surface area contributed by atoms with Crippen molar-refractivity contribution in [1.29, 1.82) is 0 Å². The number of fused-ring (bicyclic) bond motifs is 3. The Bertz CT molecular complexity index is 489.